The summed E-state index contributed by atoms with van der Waals surface area (Å²) in [5, 5.41) is 9.32. The first-order valence-electron chi connectivity index (χ1n) is 8.12. The monoisotopic (exact) mass is 361 g/mol. The van der Waals surface area contributed by atoms with Crippen LogP contribution in [-0.2, 0) is 10.0 Å². The zero-order chi connectivity index (χ0) is 17.9. The smallest absolute Gasteiger partial charge is 0.335 e. The minimum atomic E-state index is -3.80. The summed E-state index contributed by atoms with van der Waals surface area (Å²) in [5.74, 6) is -1.19. The maximum atomic E-state index is 12.7. The van der Waals surface area contributed by atoms with E-state index < -0.39 is 16.0 Å². The molecular formula is C17H19N3O4S. The standard InChI is InChI=1S/C17H19N3O4S/c21-17(22)13-6-12(14-9-18-11-19-10-14)7-16(8-13)25(23,24)20-15-4-2-1-3-5-15/h6-11,15,20H,1-5H2,(H,21,22). The molecule has 1 heterocycles. The minimum absolute atomic E-state index is 0.0585. The van der Waals surface area contributed by atoms with Gasteiger partial charge in [0.25, 0.3) is 0 Å². The van der Waals surface area contributed by atoms with Gasteiger partial charge >= 0.3 is 5.97 Å². The van der Waals surface area contributed by atoms with Gasteiger partial charge in [-0.2, -0.15) is 0 Å². The summed E-state index contributed by atoms with van der Waals surface area (Å²) in [6.45, 7) is 0. The van der Waals surface area contributed by atoms with Gasteiger partial charge in [0.2, 0.25) is 10.0 Å². The molecule has 0 radical (unpaired) electrons. The van der Waals surface area contributed by atoms with Crippen LogP contribution in [0.2, 0.25) is 0 Å². The molecule has 1 aliphatic carbocycles. The van der Waals surface area contributed by atoms with Gasteiger partial charge in [0.05, 0.1) is 10.5 Å². The van der Waals surface area contributed by atoms with E-state index in [0.29, 0.717) is 11.1 Å². The molecule has 1 saturated carbocycles. The second-order valence-corrected chi connectivity index (χ2v) is 7.85. The number of carboxylic acid groups (broad SMARTS) is 1. The second-order valence-electron chi connectivity index (χ2n) is 6.13. The largest absolute Gasteiger partial charge is 0.478 e. The van der Waals surface area contributed by atoms with E-state index in [4.69, 9.17) is 0 Å². The number of hydrogen-bond donors (Lipinski definition) is 2. The lowest BCUT2D eigenvalue weighted by atomic mass is 9.96. The number of sulfonamides is 1. The van der Waals surface area contributed by atoms with E-state index in [1.54, 1.807) is 0 Å². The van der Waals surface area contributed by atoms with Crippen LogP contribution in [0.3, 0.4) is 0 Å². The molecule has 0 unspecified atom stereocenters. The van der Waals surface area contributed by atoms with Crippen molar-refractivity contribution in [2.75, 3.05) is 0 Å². The van der Waals surface area contributed by atoms with Crippen molar-refractivity contribution >= 4 is 16.0 Å². The average molecular weight is 361 g/mol. The van der Waals surface area contributed by atoms with Crippen LogP contribution < -0.4 is 4.72 Å². The first-order chi connectivity index (χ1) is 12.0. The summed E-state index contributed by atoms with van der Waals surface area (Å²) in [4.78, 5) is 19.1. The van der Waals surface area contributed by atoms with Gasteiger partial charge in [0.15, 0.2) is 0 Å². The number of nitrogens with zero attached hydrogens (tertiary/aromatic N) is 2. The van der Waals surface area contributed by atoms with Gasteiger partial charge in [0.1, 0.15) is 6.33 Å². The van der Waals surface area contributed by atoms with Crippen molar-refractivity contribution in [2.45, 2.75) is 43.0 Å². The molecular weight excluding hydrogens is 342 g/mol. The first-order valence-corrected chi connectivity index (χ1v) is 9.60. The molecule has 0 saturated heterocycles. The lowest BCUT2D eigenvalue weighted by molar-refractivity contribution is 0.0696. The third kappa shape index (κ3) is 4.21. The number of benzene rings is 1. The summed E-state index contributed by atoms with van der Waals surface area (Å²) < 4.78 is 28.2. The van der Waals surface area contributed by atoms with Crippen molar-refractivity contribution in [3.8, 4) is 11.1 Å². The molecule has 1 aromatic heterocycles. The van der Waals surface area contributed by atoms with Crippen LogP contribution in [0.15, 0.2) is 41.8 Å². The molecule has 0 amide bonds. The number of aromatic nitrogens is 2. The summed E-state index contributed by atoms with van der Waals surface area (Å²) in [7, 11) is -3.80. The van der Waals surface area contributed by atoms with E-state index in [9.17, 15) is 18.3 Å². The predicted octanol–water partition coefficient (Wildman–Crippen LogP) is 2.45. The highest BCUT2D eigenvalue weighted by Gasteiger charge is 2.23. The van der Waals surface area contributed by atoms with Gasteiger partial charge in [-0.05, 0) is 36.6 Å². The van der Waals surface area contributed by atoms with E-state index in [-0.39, 0.29) is 16.5 Å². The Morgan fingerprint density at radius 3 is 2.36 bits per heavy atom. The summed E-state index contributed by atoms with van der Waals surface area (Å²) in [6.07, 6.45) is 9.09. The van der Waals surface area contributed by atoms with Gasteiger partial charge < -0.3 is 5.11 Å². The van der Waals surface area contributed by atoms with Crippen LogP contribution in [0.5, 0.6) is 0 Å². The van der Waals surface area contributed by atoms with Gasteiger partial charge in [0, 0.05) is 24.0 Å². The van der Waals surface area contributed by atoms with E-state index in [0.717, 1.165) is 32.1 Å². The second kappa shape index (κ2) is 7.28. The minimum Gasteiger partial charge on any atom is -0.478 e. The molecule has 8 heteroatoms. The van der Waals surface area contributed by atoms with Crippen LogP contribution >= 0.6 is 0 Å². The zero-order valence-corrected chi connectivity index (χ0v) is 14.4. The first kappa shape index (κ1) is 17.5. The summed E-state index contributed by atoms with van der Waals surface area (Å²) in [6, 6.07) is 3.95. The van der Waals surface area contributed by atoms with Crippen molar-refractivity contribution in [3.05, 3.63) is 42.5 Å². The van der Waals surface area contributed by atoms with Crippen LogP contribution in [-0.4, -0.2) is 35.5 Å². The van der Waals surface area contributed by atoms with Crippen molar-refractivity contribution in [1.82, 2.24) is 14.7 Å². The molecule has 132 valence electrons. The van der Waals surface area contributed by atoms with Crippen LogP contribution in [0, 0.1) is 0 Å². The van der Waals surface area contributed by atoms with Crippen LogP contribution in [0.4, 0.5) is 0 Å². The lowest BCUT2D eigenvalue weighted by Crippen LogP contribution is -2.36. The average Bonchev–Trinajstić information content (AvgIpc) is 2.62. The molecule has 2 N–H and O–H groups in total. The van der Waals surface area contributed by atoms with Crippen molar-refractivity contribution < 1.29 is 18.3 Å². The molecule has 7 nitrogen and oxygen atoms in total. The van der Waals surface area contributed by atoms with Gasteiger partial charge in [-0.15, -0.1) is 0 Å². The van der Waals surface area contributed by atoms with Gasteiger partial charge in [-0.25, -0.2) is 27.9 Å². The predicted molar refractivity (Wildman–Crippen MR) is 91.6 cm³/mol. The van der Waals surface area contributed by atoms with Gasteiger partial charge in [-0.3, -0.25) is 0 Å². The Balaban J connectivity index is 1.99. The molecule has 0 bridgehead atoms. The Labute approximate surface area is 146 Å². The van der Waals surface area contributed by atoms with Crippen LogP contribution in [0.1, 0.15) is 42.5 Å². The Bertz CT molecular complexity index is 863. The molecule has 25 heavy (non-hydrogen) atoms. The fourth-order valence-electron chi connectivity index (χ4n) is 3.00. The molecule has 1 aliphatic rings. The number of carbonyl (C=O) groups is 1. The molecule has 0 atom stereocenters. The zero-order valence-electron chi connectivity index (χ0n) is 13.6. The maximum absolute atomic E-state index is 12.7. The molecule has 0 aliphatic heterocycles. The quantitative estimate of drug-likeness (QED) is 0.846. The Morgan fingerprint density at radius 1 is 1.04 bits per heavy atom. The van der Waals surface area contributed by atoms with Crippen molar-refractivity contribution in [1.29, 1.82) is 0 Å². The lowest BCUT2D eigenvalue weighted by Gasteiger charge is -2.22. The van der Waals surface area contributed by atoms with E-state index in [2.05, 4.69) is 14.7 Å². The van der Waals surface area contributed by atoms with Crippen molar-refractivity contribution in [2.24, 2.45) is 0 Å². The maximum Gasteiger partial charge on any atom is 0.335 e. The van der Waals surface area contributed by atoms with Crippen molar-refractivity contribution in [3.63, 3.8) is 0 Å². The third-order valence-electron chi connectivity index (χ3n) is 4.28. The Kier molecular flexibility index (Phi) is 5.10. The molecule has 2 aromatic rings. The highest BCUT2D eigenvalue weighted by Crippen LogP contribution is 2.25. The summed E-state index contributed by atoms with van der Waals surface area (Å²) >= 11 is 0. The normalized spacial score (nSPS) is 15.8. The highest BCUT2D eigenvalue weighted by molar-refractivity contribution is 7.89. The van der Waals surface area contributed by atoms with E-state index >= 15 is 0 Å². The van der Waals surface area contributed by atoms with Gasteiger partial charge in [-0.1, -0.05) is 19.3 Å². The molecule has 1 fully saturated rings. The number of rotatable bonds is 5. The number of nitrogens with one attached hydrogen (secondary N) is 1. The third-order valence-corrected chi connectivity index (χ3v) is 5.78. The fraction of sp³-hybridized carbons (Fsp3) is 0.353. The topological polar surface area (TPSA) is 109 Å². The Morgan fingerprint density at radius 2 is 1.72 bits per heavy atom. The summed E-state index contributed by atoms with van der Waals surface area (Å²) in [5.41, 5.74) is 0.912. The highest BCUT2D eigenvalue weighted by atomic mass is 32.2. The van der Waals surface area contributed by atoms with E-state index in [1.807, 2.05) is 0 Å². The van der Waals surface area contributed by atoms with E-state index in [1.165, 1.54) is 36.9 Å². The number of carboxylic acids is 1. The van der Waals surface area contributed by atoms with Crippen LogP contribution in [0.25, 0.3) is 11.1 Å². The molecule has 1 aromatic carbocycles. The Hall–Kier alpha value is -2.32. The molecule has 0 spiro atoms. The molecule has 3 rings (SSSR count). The number of aromatic carboxylic acids is 1. The number of hydrogen-bond acceptors (Lipinski definition) is 5. The fourth-order valence-corrected chi connectivity index (χ4v) is 4.38. The SMILES string of the molecule is O=C(O)c1cc(-c2cncnc2)cc(S(=O)(=O)NC2CCCCC2)c1.